The first-order valence-electron chi connectivity index (χ1n) is 4.94. The predicted molar refractivity (Wildman–Crippen MR) is 55.7 cm³/mol. The van der Waals surface area contributed by atoms with Crippen molar-refractivity contribution in [2.24, 2.45) is 0 Å². The number of fused-ring (bicyclic) bond motifs is 1. The number of benzene rings is 1. The van der Waals surface area contributed by atoms with Crippen LogP contribution < -0.4 is 4.74 Å². The zero-order valence-corrected chi connectivity index (χ0v) is 8.87. The van der Waals surface area contributed by atoms with E-state index in [2.05, 4.69) is 13.0 Å². The highest BCUT2D eigenvalue weighted by Gasteiger charge is 2.35. The third-order valence-corrected chi connectivity index (χ3v) is 2.80. The van der Waals surface area contributed by atoms with E-state index in [4.69, 9.17) is 4.74 Å². The summed E-state index contributed by atoms with van der Waals surface area (Å²) < 4.78 is 5.53. The lowest BCUT2D eigenvalue weighted by Crippen LogP contribution is -2.29. The van der Waals surface area contributed by atoms with Crippen molar-refractivity contribution in [2.45, 2.75) is 32.3 Å². The molecule has 1 unspecified atom stereocenters. The largest absolute Gasteiger partial charge is 0.493 e. The number of aliphatic hydroxyl groups is 1. The Bertz CT molecular complexity index is 350. The molecule has 0 saturated heterocycles. The topological polar surface area (TPSA) is 29.5 Å². The van der Waals surface area contributed by atoms with Gasteiger partial charge in [-0.2, -0.15) is 0 Å². The van der Waals surface area contributed by atoms with Crippen molar-refractivity contribution in [3.63, 3.8) is 0 Å². The first-order chi connectivity index (χ1) is 6.48. The molecular weight excluding hydrogens is 176 g/mol. The number of rotatable bonds is 1. The molecule has 0 spiro atoms. The van der Waals surface area contributed by atoms with Gasteiger partial charge in [-0.25, -0.2) is 0 Å². The Hall–Kier alpha value is -1.02. The molecule has 0 bridgehead atoms. The Morgan fingerprint density at radius 1 is 1.43 bits per heavy atom. The van der Waals surface area contributed by atoms with Crippen molar-refractivity contribution in [3.05, 3.63) is 29.3 Å². The maximum Gasteiger partial charge on any atom is 0.123 e. The summed E-state index contributed by atoms with van der Waals surface area (Å²) in [6.07, 6.45) is 0. The van der Waals surface area contributed by atoms with Gasteiger partial charge < -0.3 is 9.84 Å². The van der Waals surface area contributed by atoms with Gasteiger partial charge in [-0.05, 0) is 26.8 Å². The van der Waals surface area contributed by atoms with Gasteiger partial charge in [-0.15, -0.1) is 0 Å². The smallest absolute Gasteiger partial charge is 0.123 e. The number of hydrogen-bond acceptors (Lipinski definition) is 2. The average molecular weight is 192 g/mol. The Labute approximate surface area is 84.5 Å². The first-order valence-corrected chi connectivity index (χ1v) is 4.94. The van der Waals surface area contributed by atoms with E-state index < -0.39 is 5.60 Å². The number of hydrogen-bond donors (Lipinski definition) is 1. The SMILES string of the molecule is Cc1ccc2c(c1)C(C(C)(C)O)CO2. The van der Waals surface area contributed by atoms with Crippen LogP contribution >= 0.6 is 0 Å². The monoisotopic (exact) mass is 192 g/mol. The van der Waals surface area contributed by atoms with Crippen LogP contribution in [0.5, 0.6) is 5.75 Å². The molecule has 1 aromatic carbocycles. The number of aryl methyl sites for hydroxylation is 1. The predicted octanol–water partition coefficient (Wildman–Crippen LogP) is 2.24. The lowest BCUT2D eigenvalue weighted by atomic mass is 9.86. The van der Waals surface area contributed by atoms with E-state index in [-0.39, 0.29) is 5.92 Å². The van der Waals surface area contributed by atoms with Crippen molar-refractivity contribution < 1.29 is 9.84 Å². The van der Waals surface area contributed by atoms with Crippen LogP contribution in [0.4, 0.5) is 0 Å². The molecule has 1 N–H and O–H groups in total. The summed E-state index contributed by atoms with van der Waals surface area (Å²) in [5.74, 6) is 1.01. The lowest BCUT2D eigenvalue weighted by Gasteiger charge is -2.24. The minimum Gasteiger partial charge on any atom is -0.493 e. The van der Waals surface area contributed by atoms with Crippen molar-refractivity contribution >= 4 is 0 Å². The lowest BCUT2D eigenvalue weighted by molar-refractivity contribution is 0.0422. The Balaban J connectivity index is 2.43. The summed E-state index contributed by atoms with van der Waals surface area (Å²) >= 11 is 0. The average Bonchev–Trinajstić information content (AvgIpc) is 2.45. The quantitative estimate of drug-likeness (QED) is 0.739. The Kier molecular flexibility index (Phi) is 2.04. The van der Waals surface area contributed by atoms with Crippen molar-refractivity contribution in [1.82, 2.24) is 0 Å². The third kappa shape index (κ3) is 1.50. The highest BCUT2D eigenvalue weighted by atomic mass is 16.5. The van der Waals surface area contributed by atoms with E-state index in [0.717, 1.165) is 11.3 Å². The fourth-order valence-corrected chi connectivity index (χ4v) is 1.92. The molecule has 2 rings (SSSR count). The van der Waals surface area contributed by atoms with Gasteiger partial charge in [0.05, 0.1) is 18.1 Å². The third-order valence-electron chi connectivity index (χ3n) is 2.80. The van der Waals surface area contributed by atoms with Gasteiger partial charge in [0.1, 0.15) is 5.75 Å². The molecule has 1 atom stereocenters. The van der Waals surface area contributed by atoms with Crippen molar-refractivity contribution in [1.29, 1.82) is 0 Å². The van der Waals surface area contributed by atoms with Gasteiger partial charge in [-0.3, -0.25) is 0 Å². The van der Waals surface area contributed by atoms with Crippen LogP contribution in [-0.2, 0) is 0 Å². The molecule has 0 saturated carbocycles. The second kappa shape index (κ2) is 2.99. The van der Waals surface area contributed by atoms with E-state index in [1.807, 2.05) is 26.0 Å². The van der Waals surface area contributed by atoms with Gasteiger partial charge in [-0.1, -0.05) is 17.7 Å². The summed E-state index contributed by atoms with van der Waals surface area (Å²) in [5, 5.41) is 9.98. The van der Waals surface area contributed by atoms with Crippen LogP contribution in [0, 0.1) is 6.92 Å². The summed E-state index contributed by atoms with van der Waals surface area (Å²) in [6.45, 7) is 6.30. The van der Waals surface area contributed by atoms with Crippen molar-refractivity contribution in [3.8, 4) is 5.75 Å². The van der Waals surface area contributed by atoms with E-state index in [9.17, 15) is 5.11 Å². The van der Waals surface area contributed by atoms with Crippen LogP contribution in [0.15, 0.2) is 18.2 Å². The molecule has 1 aliphatic heterocycles. The summed E-state index contributed by atoms with van der Waals surface area (Å²) in [7, 11) is 0. The van der Waals surface area contributed by atoms with E-state index in [1.54, 1.807) is 0 Å². The molecule has 0 amide bonds. The molecule has 1 heterocycles. The van der Waals surface area contributed by atoms with Gasteiger partial charge in [0.15, 0.2) is 0 Å². The van der Waals surface area contributed by atoms with Crippen LogP contribution in [0.2, 0.25) is 0 Å². The van der Waals surface area contributed by atoms with Crippen LogP contribution in [0.1, 0.15) is 30.9 Å². The Morgan fingerprint density at radius 2 is 2.14 bits per heavy atom. The molecule has 1 aromatic rings. The summed E-state index contributed by atoms with van der Waals surface area (Å²) in [6, 6.07) is 6.12. The molecule has 2 heteroatoms. The van der Waals surface area contributed by atoms with Crippen LogP contribution in [0.25, 0.3) is 0 Å². The molecular formula is C12H16O2. The van der Waals surface area contributed by atoms with Gasteiger partial charge in [0.25, 0.3) is 0 Å². The zero-order valence-electron chi connectivity index (χ0n) is 8.87. The van der Waals surface area contributed by atoms with E-state index in [0.29, 0.717) is 6.61 Å². The molecule has 0 fully saturated rings. The zero-order chi connectivity index (χ0) is 10.3. The first kappa shape index (κ1) is 9.53. The highest BCUT2D eigenvalue weighted by molar-refractivity contribution is 5.43. The fraction of sp³-hybridized carbons (Fsp3) is 0.500. The highest BCUT2D eigenvalue weighted by Crippen LogP contribution is 2.40. The molecule has 14 heavy (non-hydrogen) atoms. The minimum absolute atomic E-state index is 0.0948. The van der Waals surface area contributed by atoms with E-state index in [1.165, 1.54) is 5.56 Å². The summed E-state index contributed by atoms with van der Waals surface area (Å²) in [5.41, 5.74) is 1.64. The number of ether oxygens (including phenoxy) is 1. The molecule has 0 aliphatic carbocycles. The van der Waals surface area contributed by atoms with Crippen LogP contribution in [0.3, 0.4) is 0 Å². The molecule has 2 nitrogen and oxygen atoms in total. The normalized spacial score (nSPS) is 20.4. The molecule has 1 aliphatic rings. The maximum atomic E-state index is 9.98. The Morgan fingerprint density at radius 3 is 2.79 bits per heavy atom. The second-order valence-corrected chi connectivity index (χ2v) is 4.56. The van der Waals surface area contributed by atoms with Gasteiger partial charge >= 0.3 is 0 Å². The van der Waals surface area contributed by atoms with E-state index >= 15 is 0 Å². The fourth-order valence-electron chi connectivity index (χ4n) is 1.92. The van der Waals surface area contributed by atoms with Gasteiger partial charge in [0.2, 0.25) is 0 Å². The standard InChI is InChI=1S/C12H16O2/c1-8-4-5-11-9(6-8)10(7-14-11)12(2,3)13/h4-6,10,13H,7H2,1-3H3. The van der Waals surface area contributed by atoms with Crippen LogP contribution in [-0.4, -0.2) is 17.3 Å². The van der Waals surface area contributed by atoms with Gasteiger partial charge in [0, 0.05) is 5.56 Å². The molecule has 76 valence electrons. The second-order valence-electron chi connectivity index (χ2n) is 4.56. The van der Waals surface area contributed by atoms with Crippen molar-refractivity contribution in [2.75, 3.05) is 6.61 Å². The minimum atomic E-state index is -0.709. The molecule has 0 radical (unpaired) electrons. The molecule has 0 aromatic heterocycles. The maximum absolute atomic E-state index is 9.98. The summed E-state index contributed by atoms with van der Waals surface area (Å²) in [4.78, 5) is 0.